The van der Waals surface area contributed by atoms with Gasteiger partial charge in [0.05, 0.1) is 6.61 Å². The molecule has 0 aliphatic rings. The number of anilines is 1. The number of hydrogen-bond acceptors (Lipinski definition) is 5. The van der Waals surface area contributed by atoms with E-state index in [0.29, 0.717) is 17.9 Å². The molecular formula is C14H24N4O2. The lowest BCUT2D eigenvalue weighted by Crippen LogP contribution is -2.39. The van der Waals surface area contributed by atoms with Crippen molar-refractivity contribution in [3.8, 4) is 0 Å². The van der Waals surface area contributed by atoms with Crippen LogP contribution in [0, 0.1) is 0 Å². The molecule has 0 radical (unpaired) electrons. The normalized spacial score (nSPS) is 10.7. The summed E-state index contributed by atoms with van der Waals surface area (Å²) in [5.41, 5.74) is 3.86. The van der Waals surface area contributed by atoms with Crippen LogP contribution in [-0.4, -0.2) is 40.1 Å². The van der Waals surface area contributed by atoms with Gasteiger partial charge in [-0.2, -0.15) is 0 Å². The van der Waals surface area contributed by atoms with Crippen LogP contribution in [0.1, 0.15) is 43.2 Å². The van der Waals surface area contributed by atoms with Crippen LogP contribution in [0.3, 0.4) is 0 Å². The largest absolute Gasteiger partial charge is 0.395 e. The van der Waals surface area contributed by atoms with Gasteiger partial charge in [-0.15, -0.1) is 0 Å². The third-order valence-electron chi connectivity index (χ3n) is 3.00. The smallest absolute Gasteiger partial charge is 0.254 e. The van der Waals surface area contributed by atoms with Crippen LogP contribution in [0.25, 0.3) is 0 Å². The molecule has 1 aromatic heterocycles. The minimum atomic E-state index is -0.120. The molecule has 0 aliphatic heterocycles. The minimum absolute atomic E-state index is 0.0201. The van der Waals surface area contributed by atoms with E-state index in [4.69, 9.17) is 10.9 Å². The zero-order chi connectivity index (χ0) is 15.1. The van der Waals surface area contributed by atoms with Gasteiger partial charge in [0.2, 0.25) is 0 Å². The van der Waals surface area contributed by atoms with Gasteiger partial charge in [0.15, 0.2) is 0 Å². The number of pyridine rings is 1. The van der Waals surface area contributed by atoms with E-state index in [1.54, 1.807) is 17.0 Å². The Morgan fingerprint density at radius 3 is 2.70 bits per heavy atom. The van der Waals surface area contributed by atoms with Crippen LogP contribution < -0.4 is 11.3 Å². The lowest BCUT2D eigenvalue weighted by Gasteiger charge is -2.26. The number of carbonyl (C=O) groups is 1. The molecule has 20 heavy (non-hydrogen) atoms. The predicted molar refractivity (Wildman–Crippen MR) is 79.3 cm³/mol. The van der Waals surface area contributed by atoms with Crippen molar-refractivity contribution in [3.63, 3.8) is 0 Å². The molecule has 0 aromatic carbocycles. The van der Waals surface area contributed by atoms with Crippen molar-refractivity contribution in [2.45, 2.75) is 39.7 Å². The molecular weight excluding hydrogens is 256 g/mol. The van der Waals surface area contributed by atoms with E-state index in [9.17, 15) is 4.79 Å². The Morgan fingerprint density at radius 2 is 2.20 bits per heavy atom. The average molecular weight is 280 g/mol. The number of hydrogen-bond donors (Lipinski definition) is 3. The van der Waals surface area contributed by atoms with E-state index in [1.165, 1.54) is 0 Å². The van der Waals surface area contributed by atoms with Gasteiger partial charge in [0.25, 0.3) is 5.91 Å². The van der Waals surface area contributed by atoms with Crippen molar-refractivity contribution >= 4 is 11.7 Å². The number of rotatable bonds is 7. The quantitative estimate of drug-likeness (QED) is 0.515. The summed E-state index contributed by atoms with van der Waals surface area (Å²) in [7, 11) is 0. The third-order valence-corrected chi connectivity index (χ3v) is 3.00. The monoisotopic (exact) mass is 280 g/mol. The number of nitrogens with two attached hydrogens (primary N) is 1. The van der Waals surface area contributed by atoms with Gasteiger partial charge in [0, 0.05) is 23.8 Å². The standard InChI is InChI=1S/C14H24N4O2/c1-4-5-12-8-11(9-13(16-12)17-15)14(20)18(6-7-19)10(2)3/h8-10,19H,4-7,15H2,1-3H3,(H,16,17). The molecule has 1 heterocycles. The first-order chi connectivity index (χ1) is 9.53. The summed E-state index contributed by atoms with van der Waals surface area (Å²) in [4.78, 5) is 18.5. The predicted octanol–water partition coefficient (Wildman–Crippen LogP) is 1.16. The van der Waals surface area contributed by atoms with Gasteiger partial charge in [0.1, 0.15) is 5.82 Å². The number of hydrazine groups is 1. The Kier molecular flexibility index (Phi) is 6.41. The second kappa shape index (κ2) is 7.81. The van der Waals surface area contributed by atoms with Crippen molar-refractivity contribution in [2.24, 2.45) is 5.84 Å². The van der Waals surface area contributed by atoms with Gasteiger partial charge in [-0.1, -0.05) is 13.3 Å². The highest BCUT2D eigenvalue weighted by atomic mass is 16.3. The van der Waals surface area contributed by atoms with Crippen LogP contribution in [0.5, 0.6) is 0 Å². The molecule has 0 saturated carbocycles. The Hall–Kier alpha value is -1.66. The van der Waals surface area contributed by atoms with E-state index < -0.39 is 0 Å². The molecule has 4 N–H and O–H groups in total. The maximum absolute atomic E-state index is 12.5. The van der Waals surface area contributed by atoms with Gasteiger partial charge >= 0.3 is 0 Å². The van der Waals surface area contributed by atoms with Gasteiger partial charge in [-0.05, 0) is 32.4 Å². The van der Waals surface area contributed by atoms with Gasteiger partial charge < -0.3 is 15.4 Å². The van der Waals surface area contributed by atoms with Crippen LogP contribution >= 0.6 is 0 Å². The number of carbonyl (C=O) groups excluding carboxylic acids is 1. The number of nitrogens with one attached hydrogen (secondary N) is 1. The summed E-state index contributed by atoms with van der Waals surface area (Å²) >= 11 is 0. The van der Waals surface area contributed by atoms with Crippen molar-refractivity contribution in [1.82, 2.24) is 9.88 Å². The Morgan fingerprint density at radius 1 is 1.50 bits per heavy atom. The Balaban J connectivity index is 3.09. The lowest BCUT2D eigenvalue weighted by atomic mass is 10.1. The second-order valence-electron chi connectivity index (χ2n) is 4.94. The van der Waals surface area contributed by atoms with Gasteiger partial charge in [-0.25, -0.2) is 10.8 Å². The van der Waals surface area contributed by atoms with Crippen LogP contribution in [-0.2, 0) is 6.42 Å². The van der Waals surface area contributed by atoms with Crippen LogP contribution in [0.2, 0.25) is 0 Å². The first-order valence-electron chi connectivity index (χ1n) is 6.92. The van der Waals surface area contributed by atoms with E-state index in [2.05, 4.69) is 17.3 Å². The minimum Gasteiger partial charge on any atom is -0.395 e. The molecule has 0 bridgehead atoms. The third kappa shape index (κ3) is 4.18. The summed E-state index contributed by atoms with van der Waals surface area (Å²) in [5.74, 6) is 5.76. The highest BCUT2D eigenvalue weighted by Crippen LogP contribution is 2.15. The molecule has 1 rings (SSSR count). The van der Waals surface area contributed by atoms with Crippen LogP contribution in [0.4, 0.5) is 5.82 Å². The molecule has 112 valence electrons. The van der Waals surface area contributed by atoms with E-state index >= 15 is 0 Å². The van der Waals surface area contributed by atoms with Crippen molar-refractivity contribution in [1.29, 1.82) is 0 Å². The number of nitrogens with zero attached hydrogens (tertiary/aromatic N) is 2. The fourth-order valence-electron chi connectivity index (χ4n) is 2.04. The summed E-state index contributed by atoms with van der Waals surface area (Å²) in [5, 5.41) is 9.08. The number of aromatic nitrogens is 1. The Bertz CT molecular complexity index is 449. The summed E-state index contributed by atoms with van der Waals surface area (Å²) in [6.45, 7) is 6.15. The molecule has 1 aromatic rings. The fraction of sp³-hybridized carbons (Fsp3) is 0.571. The number of aliphatic hydroxyl groups excluding tert-OH is 1. The number of nitrogen functional groups attached to an aromatic ring is 1. The van der Waals surface area contributed by atoms with E-state index in [1.807, 2.05) is 13.8 Å². The van der Waals surface area contributed by atoms with Crippen molar-refractivity contribution in [2.75, 3.05) is 18.6 Å². The first kappa shape index (κ1) is 16.4. The van der Waals surface area contributed by atoms with Crippen molar-refractivity contribution < 1.29 is 9.90 Å². The molecule has 0 atom stereocenters. The topological polar surface area (TPSA) is 91.5 Å². The maximum atomic E-state index is 12.5. The zero-order valence-corrected chi connectivity index (χ0v) is 12.4. The zero-order valence-electron chi connectivity index (χ0n) is 12.4. The molecule has 6 nitrogen and oxygen atoms in total. The first-order valence-corrected chi connectivity index (χ1v) is 6.92. The lowest BCUT2D eigenvalue weighted by molar-refractivity contribution is 0.0665. The average Bonchev–Trinajstić information content (AvgIpc) is 2.43. The number of aryl methyl sites for hydroxylation is 1. The number of amides is 1. The molecule has 0 spiro atoms. The highest BCUT2D eigenvalue weighted by Gasteiger charge is 2.19. The Labute approximate surface area is 120 Å². The van der Waals surface area contributed by atoms with E-state index in [0.717, 1.165) is 18.5 Å². The molecule has 1 amide bonds. The SMILES string of the molecule is CCCc1cc(C(=O)N(CCO)C(C)C)cc(NN)n1. The molecule has 0 aliphatic carbocycles. The molecule has 0 unspecified atom stereocenters. The van der Waals surface area contributed by atoms with Crippen molar-refractivity contribution in [3.05, 3.63) is 23.4 Å². The second-order valence-corrected chi connectivity index (χ2v) is 4.94. The highest BCUT2D eigenvalue weighted by molar-refractivity contribution is 5.95. The van der Waals surface area contributed by atoms with Crippen LogP contribution in [0.15, 0.2) is 12.1 Å². The fourth-order valence-corrected chi connectivity index (χ4v) is 2.04. The van der Waals surface area contributed by atoms with E-state index in [-0.39, 0.29) is 18.6 Å². The molecule has 0 saturated heterocycles. The summed E-state index contributed by atoms with van der Waals surface area (Å²) in [6, 6.07) is 3.44. The molecule has 6 heteroatoms. The molecule has 0 fully saturated rings. The number of aliphatic hydroxyl groups is 1. The maximum Gasteiger partial charge on any atom is 0.254 e. The van der Waals surface area contributed by atoms with Gasteiger partial charge in [-0.3, -0.25) is 4.79 Å². The summed E-state index contributed by atoms with van der Waals surface area (Å²) < 4.78 is 0. The summed E-state index contributed by atoms with van der Waals surface area (Å²) in [6.07, 6.45) is 1.73.